The van der Waals surface area contributed by atoms with E-state index in [4.69, 9.17) is 0 Å². The Morgan fingerprint density at radius 2 is 2.00 bits per heavy atom. The maximum Gasteiger partial charge on any atom is 0.216 e. The standard InChI is InChI=1S/C18H19N3O4/c1-10(2)8-18(3,25)15-9-21(20-19-15)12-7-14(23)11-5-4-6-13(22)16(11)17(12)24/h4-7,9-10,22,25H,8H2,1-3H3. The predicted octanol–water partition coefficient (Wildman–Crippen LogP) is 2.16. The van der Waals surface area contributed by atoms with Gasteiger partial charge in [0.1, 0.15) is 22.7 Å². The fourth-order valence-electron chi connectivity index (χ4n) is 3.08. The van der Waals surface area contributed by atoms with Crippen molar-refractivity contribution < 1.29 is 19.8 Å². The Bertz CT molecular complexity index is 893. The van der Waals surface area contributed by atoms with Gasteiger partial charge in [-0.15, -0.1) is 5.10 Å². The number of phenolic OH excluding ortho intramolecular Hbond substituents is 1. The third-order valence-electron chi connectivity index (χ3n) is 4.13. The van der Waals surface area contributed by atoms with Crippen molar-refractivity contribution in [2.45, 2.75) is 32.8 Å². The molecule has 25 heavy (non-hydrogen) atoms. The van der Waals surface area contributed by atoms with E-state index in [9.17, 15) is 19.8 Å². The number of nitrogens with zero attached hydrogens (tertiary/aromatic N) is 3. The molecule has 0 fully saturated rings. The zero-order valence-electron chi connectivity index (χ0n) is 14.2. The molecule has 1 aliphatic carbocycles. The highest BCUT2D eigenvalue weighted by molar-refractivity contribution is 6.36. The van der Waals surface area contributed by atoms with Gasteiger partial charge in [-0.1, -0.05) is 31.2 Å². The van der Waals surface area contributed by atoms with E-state index in [2.05, 4.69) is 10.3 Å². The molecule has 1 aliphatic rings. The molecule has 1 heterocycles. The average Bonchev–Trinajstić information content (AvgIpc) is 3.00. The van der Waals surface area contributed by atoms with Crippen LogP contribution in [-0.4, -0.2) is 36.8 Å². The van der Waals surface area contributed by atoms with Gasteiger partial charge in [-0.3, -0.25) is 9.59 Å². The van der Waals surface area contributed by atoms with Crippen LogP contribution >= 0.6 is 0 Å². The fourth-order valence-corrected chi connectivity index (χ4v) is 3.08. The lowest BCUT2D eigenvalue weighted by Gasteiger charge is -2.22. The van der Waals surface area contributed by atoms with Gasteiger partial charge in [0.25, 0.3) is 0 Å². The van der Waals surface area contributed by atoms with E-state index in [1.807, 2.05) is 13.8 Å². The first-order chi connectivity index (χ1) is 11.7. The van der Waals surface area contributed by atoms with Crippen molar-refractivity contribution in [1.82, 2.24) is 15.0 Å². The van der Waals surface area contributed by atoms with Gasteiger partial charge in [-0.05, 0) is 25.3 Å². The third-order valence-corrected chi connectivity index (χ3v) is 4.13. The molecule has 1 atom stereocenters. The second-order valence-corrected chi connectivity index (χ2v) is 6.84. The van der Waals surface area contributed by atoms with E-state index in [0.717, 1.165) is 0 Å². The maximum absolute atomic E-state index is 12.7. The molecule has 1 aromatic carbocycles. The van der Waals surface area contributed by atoms with Crippen molar-refractivity contribution in [3.8, 4) is 5.75 Å². The first-order valence-corrected chi connectivity index (χ1v) is 7.99. The number of benzene rings is 1. The first-order valence-electron chi connectivity index (χ1n) is 7.99. The van der Waals surface area contributed by atoms with Crippen molar-refractivity contribution in [3.63, 3.8) is 0 Å². The average molecular weight is 341 g/mol. The molecule has 0 saturated carbocycles. The molecule has 1 aromatic heterocycles. The van der Waals surface area contributed by atoms with Crippen molar-refractivity contribution in [2.24, 2.45) is 5.92 Å². The van der Waals surface area contributed by atoms with Gasteiger partial charge in [0.15, 0.2) is 5.78 Å². The monoisotopic (exact) mass is 341 g/mol. The molecule has 130 valence electrons. The number of rotatable bonds is 4. The van der Waals surface area contributed by atoms with E-state index in [-0.39, 0.29) is 28.5 Å². The normalized spacial score (nSPS) is 16.6. The van der Waals surface area contributed by atoms with Crippen LogP contribution in [0.1, 0.15) is 53.6 Å². The smallest absolute Gasteiger partial charge is 0.216 e. The van der Waals surface area contributed by atoms with E-state index in [1.165, 1.54) is 35.2 Å². The van der Waals surface area contributed by atoms with Crippen LogP contribution in [0.25, 0.3) is 5.70 Å². The number of fused-ring (bicyclic) bond motifs is 1. The zero-order valence-corrected chi connectivity index (χ0v) is 14.2. The van der Waals surface area contributed by atoms with Crippen LogP contribution in [0.5, 0.6) is 5.75 Å². The molecule has 0 bridgehead atoms. The Labute approximate surface area is 144 Å². The van der Waals surface area contributed by atoms with Gasteiger partial charge in [0.2, 0.25) is 5.78 Å². The summed E-state index contributed by atoms with van der Waals surface area (Å²) in [7, 11) is 0. The van der Waals surface area contributed by atoms with Crippen LogP contribution in [0.2, 0.25) is 0 Å². The minimum atomic E-state index is -1.20. The van der Waals surface area contributed by atoms with Crippen LogP contribution in [0, 0.1) is 5.92 Å². The van der Waals surface area contributed by atoms with Gasteiger partial charge in [0, 0.05) is 11.6 Å². The summed E-state index contributed by atoms with van der Waals surface area (Å²) in [5.41, 5.74) is -0.796. The highest BCUT2D eigenvalue weighted by Crippen LogP contribution is 2.31. The number of ketones is 2. The fraction of sp³-hybridized carbons (Fsp3) is 0.333. The van der Waals surface area contributed by atoms with Crippen LogP contribution in [0.4, 0.5) is 0 Å². The van der Waals surface area contributed by atoms with Gasteiger partial charge >= 0.3 is 0 Å². The van der Waals surface area contributed by atoms with Crippen LogP contribution in [0.15, 0.2) is 30.5 Å². The Balaban J connectivity index is 2.00. The summed E-state index contributed by atoms with van der Waals surface area (Å²) in [4.78, 5) is 25.0. The molecule has 0 saturated heterocycles. The van der Waals surface area contributed by atoms with Gasteiger partial charge in [-0.25, -0.2) is 4.68 Å². The molecular formula is C18H19N3O4. The summed E-state index contributed by atoms with van der Waals surface area (Å²) < 4.78 is 1.17. The minimum absolute atomic E-state index is 0.0157. The van der Waals surface area contributed by atoms with Crippen LogP contribution < -0.4 is 0 Å². The Morgan fingerprint density at radius 1 is 1.28 bits per heavy atom. The summed E-state index contributed by atoms with van der Waals surface area (Å²) in [5.74, 6) is -0.936. The minimum Gasteiger partial charge on any atom is -0.507 e. The van der Waals surface area contributed by atoms with E-state index in [0.29, 0.717) is 12.1 Å². The molecule has 2 N–H and O–H groups in total. The molecule has 7 heteroatoms. The Hall–Kier alpha value is -2.80. The lowest BCUT2D eigenvalue weighted by Crippen LogP contribution is -2.24. The number of hydrogen-bond donors (Lipinski definition) is 2. The maximum atomic E-state index is 12.7. The number of allylic oxidation sites excluding steroid dienone is 2. The Kier molecular flexibility index (Phi) is 4.04. The summed E-state index contributed by atoms with van der Waals surface area (Å²) in [6.07, 6.45) is 3.07. The van der Waals surface area contributed by atoms with Gasteiger partial charge < -0.3 is 10.2 Å². The number of carbonyl (C=O) groups excluding carboxylic acids is 2. The topological polar surface area (TPSA) is 105 Å². The molecule has 0 radical (unpaired) electrons. The molecular weight excluding hydrogens is 322 g/mol. The zero-order chi connectivity index (χ0) is 18.4. The van der Waals surface area contributed by atoms with Crippen LogP contribution in [0.3, 0.4) is 0 Å². The number of phenols is 1. The third kappa shape index (κ3) is 2.98. The summed E-state index contributed by atoms with van der Waals surface area (Å²) in [5, 5.41) is 28.4. The Morgan fingerprint density at radius 3 is 2.68 bits per heavy atom. The highest BCUT2D eigenvalue weighted by atomic mass is 16.3. The first kappa shape index (κ1) is 17.0. The SMILES string of the molecule is CC(C)CC(C)(O)c1cn(C2=CC(=O)c3cccc(O)c3C2=O)nn1. The number of aromatic hydroxyl groups is 1. The van der Waals surface area contributed by atoms with E-state index < -0.39 is 17.2 Å². The summed E-state index contributed by atoms with van der Waals surface area (Å²) >= 11 is 0. The van der Waals surface area contributed by atoms with Crippen molar-refractivity contribution in [2.75, 3.05) is 0 Å². The number of carbonyl (C=O) groups is 2. The molecule has 0 aliphatic heterocycles. The summed E-state index contributed by atoms with van der Waals surface area (Å²) in [6, 6.07) is 4.35. The van der Waals surface area contributed by atoms with Crippen LogP contribution in [-0.2, 0) is 5.60 Å². The second-order valence-electron chi connectivity index (χ2n) is 6.84. The number of aromatic nitrogens is 3. The van der Waals surface area contributed by atoms with E-state index >= 15 is 0 Å². The second kappa shape index (κ2) is 5.93. The lowest BCUT2D eigenvalue weighted by atomic mass is 9.91. The number of aliphatic hydroxyl groups is 1. The molecule has 1 unspecified atom stereocenters. The predicted molar refractivity (Wildman–Crippen MR) is 90.1 cm³/mol. The number of Topliss-reactive ketones (excluding diaryl/α,β-unsaturated/α-hetero) is 1. The lowest BCUT2D eigenvalue weighted by molar-refractivity contribution is 0.0304. The van der Waals surface area contributed by atoms with Crippen molar-refractivity contribution in [3.05, 3.63) is 47.3 Å². The van der Waals surface area contributed by atoms with Gasteiger partial charge in [0.05, 0.1) is 11.8 Å². The molecule has 0 spiro atoms. The highest BCUT2D eigenvalue weighted by Gasteiger charge is 2.32. The molecule has 3 rings (SSSR count). The molecule has 0 amide bonds. The van der Waals surface area contributed by atoms with Crippen molar-refractivity contribution in [1.29, 1.82) is 0 Å². The largest absolute Gasteiger partial charge is 0.507 e. The van der Waals surface area contributed by atoms with Gasteiger partial charge in [-0.2, -0.15) is 0 Å². The van der Waals surface area contributed by atoms with Crippen molar-refractivity contribution >= 4 is 17.3 Å². The molecule has 2 aromatic rings. The van der Waals surface area contributed by atoms with E-state index in [1.54, 1.807) is 6.92 Å². The summed E-state index contributed by atoms with van der Waals surface area (Å²) in [6.45, 7) is 5.58. The number of hydrogen-bond acceptors (Lipinski definition) is 6. The quantitative estimate of drug-likeness (QED) is 0.883. The molecule has 7 nitrogen and oxygen atoms in total.